The lowest BCUT2D eigenvalue weighted by Gasteiger charge is -2.25. The Kier molecular flexibility index (Phi) is 5.37. The molecule has 1 unspecified atom stereocenters. The summed E-state index contributed by atoms with van der Waals surface area (Å²) in [7, 11) is 0. The molecule has 1 fully saturated rings. The van der Waals surface area contributed by atoms with Crippen molar-refractivity contribution in [2.24, 2.45) is 0 Å². The van der Waals surface area contributed by atoms with E-state index in [1.165, 1.54) is 10.6 Å². The van der Waals surface area contributed by atoms with Crippen LogP contribution in [-0.2, 0) is 11.3 Å². The van der Waals surface area contributed by atoms with Gasteiger partial charge in [0.2, 0.25) is 5.91 Å². The van der Waals surface area contributed by atoms with E-state index in [0.717, 1.165) is 24.0 Å². The monoisotopic (exact) mass is 425 g/mol. The zero-order chi connectivity index (χ0) is 21.9. The lowest BCUT2D eigenvalue weighted by molar-refractivity contribution is -0.122. The van der Waals surface area contributed by atoms with Crippen LogP contribution in [0.25, 0.3) is 16.9 Å². The predicted molar refractivity (Wildman–Crippen MR) is 123 cm³/mol. The van der Waals surface area contributed by atoms with Crippen molar-refractivity contribution >= 4 is 17.4 Å². The van der Waals surface area contributed by atoms with Crippen LogP contribution in [0.1, 0.15) is 18.4 Å². The van der Waals surface area contributed by atoms with Crippen LogP contribution in [0.2, 0.25) is 0 Å². The Hall–Kier alpha value is -4.00. The average molecular weight is 425 g/mol. The number of amides is 1. The Balaban J connectivity index is 1.39. The van der Waals surface area contributed by atoms with Gasteiger partial charge in [-0.2, -0.15) is 4.52 Å². The van der Waals surface area contributed by atoms with Crippen molar-refractivity contribution in [3.63, 3.8) is 0 Å². The number of rotatable bonds is 5. The van der Waals surface area contributed by atoms with Crippen LogP contribution in [0, 0.1) is 0 Å². The topological polar surface area (TPSA) is 79.6 Å². The minimum atomic E-state index is -0.309. The number of fused-ring (bicyclic) bond motifs is 1. The SMILES string of the molecule is O=C(NCc1ccccc1)C1CCCN1c1ccc2nc(-c3ccccc3)cc(=O)n2n1. The second-order valence-electron chi connectivity index (χ2n) is 7.86. The Morgan fingerprint density at radius 2 is 1.75 bits per heavy atom. The molecule has 0 spiro atoms. The van der Waals surface area contributed by atoms with Gasteiger partial charge in [-0.15, -0.1) is 5.10 Å². The Bertz CT molecular complexity index is 1300. The number of hydrogen-bond donors (Lipinski definition) is 1. The molecule has 7 nitrogen and oxygen atoms in total. The highest BCUT2D eigenvalue weighted by molar-refractivity contribution is 5.85. The van der Waals surface area contributed by atoms with Gasteiger partial charge < -0.3 is 10.2 Å². The lowest BCUT2D eigenvalue weighted by Crippen LogP contribution is -2.43. The van der Waals surface area contributed by atoms with Crippen LogP contribution in [0.5, 0.6) is 0 Å². The number of hydrogen-bond acceptors (Lipinski definition) is 5. The summed E-state index contributed by atoms with van der Waals surface area (Å²) in [5.41, 5.74) is 2.78. The molecular formula is C25H23N5O2. The van der Waals surface area contributed by atoms with Crippen LogP contribution in [0.4, 0.5) is 5.82 Å². The first-order valence-electron chi connectivity index (χ1n) is 10.7. The third-order valence-electron chi connectivity index (χ3n) is 5.73. The first kappa shape index (κ1) is 19.9. The van der Waals surface area contributed by atoms with Crippen molar-refractivity contribution in [2.45, 2.75) is 25.4 Å². The normalized spacial score (nSPS) is 15.8. The molecule has 4 aromatic rings. The van der Waals surface area contributed by atoms with Gasteiger partial charge in [0.15, 0.2) is 5.65 Å². The number of carbonyl (C=O) groups excluding carboxylic acids is 1. The first-order valence-corrected chi connectivity index (χ1v) is 10.7. The van der Waals surface area contributed by atoms with Crippen molar-refractivity contribution < 1.29 is 4.79 Å². The van der Waals surface area contributed by atoms with E-state index in [2.05, 4.69) is 15.4 Å². The molecule has 1 N–H and O–H groups in total. The third-order valence-corrected chi connectivity index (χ3v) is 5.73. The van der Waals surface area contributed by atoms with E-state index in [0.29, 0.717) is 30.2 Å². The van der Waals surface area contributed by atoms with Gasteiger partial charge in [-0.3, -0.25) is 9.59 Å². The maximum Gasteiger partial charge on any atom is 0.275 e. The van der Waals surface area contributed by atoms with E-state index in [9.17, 15) is 9.59 Å². The molecule has 0 bridgehead atoms. The molecule has 1 atom stereocenters. The summed E-state index contributed by atoms with van der Waals surface area (Å²) < 4.78 is 1.30. The summed E-state index contributed by atoms with van der Waals surface area (Å²) in [6.07, 6.45) is 1.64. The van der Waals surface area contributed by atoms with E-state index < -0.39 is 0 Å². The molecule has 2 aromatic carbocycles. The fraction of sp³-hybridized carbons (Fsp3) is 0.200. The molecule has 1 aliphatic heterocycles. The number of nitrogens with zero attached hydrogens (tertiary/aromatic N) is 4. The van der Waals surface area contributed by atoms with E-state index in [1.54, 1.807) is 6.07 Å². The van der Waals surface area contributed by atoms with Crippen LogP contribution in [0.15, 0.2) is 83.7 Å². The zero-order valence-corrected chi connectivity index (χ0v) is 17.5. The summed E-state index contributed by atoms with van der Waals surface area (Å²) >= 11 is 0. The zero-order valence-electron chi connectivity index (χ0n) is 17.5. The molecule has 32 heavy (non-hydrogen) atoms. The molecule has 2 aromatic heterocycles. The Morgan fingerprint density at radius 1 is 1.00 bits per heavy atom. The Morgan fingerprint density at radius 3 is 2.53 bits per heavy atom. The van der Waals surface area contributed by atoms with E-state index >= 15 is 0 Å². The smallest absolute Gasteiger partial charge is 0.275 e. The second-order valence-corrected chi connectivity index (χ2v) is 7.86. The highest BCUT2D eigenvalue weighted by atomic mass is 16.2. The molecule has 0 saturated carbocycles. The van der Waals surface area contributed by atoms with Gasteiger partial charge in [0.25, 0.3) is 5.56 Å². The number of anilines is 1. The summed E-state index contributed by atoms with van der Waals surface area (Å²) in [6, 6.07) is 24.2. The van der Waals surface area contributed by atoms with Gasteiger partial charge in [-0.05, 0) is 30.5 Å². The van der Waals surface area contributed by atoms with Crippen molar-refractivity contribution in [3.05, 3.63) is 94.8 Å². The predicted octanol–water partition coefficient (Wildman–Crippen LogP) is 3.04. The van der Waals surface area contributed by atoms with Gasteiger partial charge in [0.1, 0.15) is 11.9 Å². The number of aromatic nitrogens is 3. The van der Waals surface area contributed by atoms with Crippen molar-refractivity contribution in [2.75, 3.05) is 11.4 Å². The van der Waals surface area contributed by atoms with Gasteiger partial charge in [-0.1, -0.05) is 60.7 Å². The first-order chi connectivity index (χ1) is 15.7. The van der Waals surface area contributed by atoms with Crippen LogP contribution in [0.3, 0.4) is 0 Å². The van der Waals surface area contributed by atoms with Gasteiger partial charge in [0.05, 0.1) is 5.69 Å². The molecule has 0 aliphatic carbocycles. The van der Waals surface area contributed by atoms with Crippen LogP contribution >= 0.6 is 0 Å². The van der Waals surface area contributed by atoms with Gasteiger partial charge in [0, 0.05) is 24.7 Å². The van der Waals surface area contributed by atoms with Crippen molar-refractivity contribution in [1.29, 1.82) is 0 Å². The quantitative estimate of drug-likeness (QED) is 0.532. The Labute approximate surface area is 185 Å². The largest absolute Gasteiger partial charge is 0.350 e. The molecular weight excluding hydrogens is 402 g/mol. The van der Waals surface area contributed by atoms with E-state index in [1.807, 2.05) is 71.6 Å². The number of nitrogens with one attached hydrogen (secondary N) is 1. The van der Waals surface area contributed by atoms with Crippen molar-refractivity contribution in [1.82, 2.24) is 19.9 Å². The third kappa shape index (κ3) is 3.97. The summed E-state index contributed by atoms with van der Waals surface area (Å²) in [5.74, 6) is 0.573. The molecule has 160 valence electrons. The van der Waals surface area contributed by atoms with E-state index in [-0.39, 0.29) is 17.5 Å². The summed E-state index contributed by atoms with van der Waals surface area (Å²) in [6.45, 7) is 1.20. The average Bonchev–Trinajstić information content (AvgIpc) is 3.34. The van der Waals surface area contributed by atoms with Gasteiger partial charge >= 0.3 is 0 Å². The molecule has 1 amide bonds. The molecule has 3 heterocycles. The molecule has 5 rings (SSSR count). The number of benzene rings is 2. The molecule has 7 heteroatoms. The second kappa shape index (κ2) is 8.63. The van der Waals surface area contributed by atoms with Gasteiger partial charge in [-0.25, -0.2) is 4.98 Å². The van der Waals surface area contributed by atoms with E-state index in [4.69, 9.17) is 0 Å². The van der Waals surface area contributed by atoms with Crippen molar-refractivity contribution in [3.8, 4) is 11.3 Å². The minimum absolute atomic E-state index is 0.0295. The maximum absolute atomic E-state index is 12.9. The number of carbonyl (C=O) groups is 1. The highest BCUT2D eigenvalue weighted by Crippen LogP contribution is 2.24. The van der Waals surface area contributed by atoms with Crippen LogP contribution < -0.4 is 15.8 Å². The summed E-state index contributed by atoms with van der Waals surface area (Å²) in [4.78, 5) is 32.2. The molecule has 1 saturated heterocycles. The molecule has 1 aliphatic rings. The minimum Gasteiger partial charge on any atom is -0.350 e. The standard InChI is InChI=1S/C25H23N5O2/c31-24-16-20(19-10-5-2-6-11-19)27-22-13-14-23(28-30(22)24)29-15-7-12-21(29)25(32)26-17-18-8-3-1-4-9-18/h1-6,8-11,13-14,16,21H,7,12,15,17H2,(H,26,32). The molecule has 0 radical (unpaired) electrons. The maximum atomic E-state index is 12.9. The fourth-order valence-corrected chi connectivity index (χ4v) is 4.11. The highest BCUT2D eigenvalue weighted by Gasteiger charge is 2.31. The fourth-order valence-electron chi connectivity index (χ4n) is 4.11. The lowest BCUT2D eigenvalue weighted by atomic mass is 10.1. The summed E-state index contributed by atoms with van der Waals surface area (Å²) in [5, 5.41) is 7.56. The van der Waals surface area contributed by atoms with Crippen LogP contribution in [-0.4, -0.2) is 33.1 Å².